The number of hydrogen-bond acceptors (Lipinski definition) is 4. The molecule has 1 unspecified atom stereocenters. The fourth-order valence-corrected chi connectivity index (χ4v) is 1.45. The predicted octanol–water partition coefficient (Wildman–Crippen LogP) is 0.486. The van der Waals surface area contributed by atoms with Crippen LogP contribution in [0.15, 0.2) is 12.1 Å². The molecule has 0 bridgehead atoms. The predicted molar refractivity (Wildman–Crippen MR) is 51.5 cm³/mol. The molecule has 2 N–H and O–H groups in total. The zero-order valence-electron chi connectivity index (χ0n) is 7.34. The van der Waals surface area contributed by atoms with E-state index in [4.69, 9.17) is 0 Å². The summed E-state index contributed by atoms with van der Waals surface area (Å²) in [5.41, 5.74) is 0. The molecule has 0 fully saturated rings. The number of hydrogen-bond donors (Lipinski definition) is 3. The van der Waals surface area contributed by atoms with Crippen LogP contribution in [0, 0.1) is 0 Å². The highest BCUT2D eigenvalue weighted by atomic mass is 32.1. The lowest BCUT2D eigenvalue weighted by molar-refractivity contribution is -0.126. The topological polar surface area (TPSA) is 79.5 Å². The van der Waals surface area contributed by atoms with Crippen LogP contribution in [0.25, 0.3) is 0 Å². The first-order chi connectivity index (χ1) is 6.45. The monoisotopic (exact) mass is 215 g/mol. The van der Waals surface area contributed by atoms with Gasteiger partial charge in [-0.05, 0) is 6.92 Å². The summed E-state index contributed by atoms with van der Waals surface area (Å²) >= 11 is 3.51. The third kappa shape index (κ3) is 1.74. The van der Waals surface area contributed by atoms with Gasteiger partial charge in [-0.25, -0.2) is 0 Å². The van der Waals surface area contributed by atoms with E-state index in [1.54, 1.807) is 0 Å². The average molecular weight is 215 g/mol. The molecule has 0 radical (unpaired) electrons. The van der Waals surface area contributed by atoms with Crippen LogP contribution in [0.2, 0.25) is 0 Å². The van der Waals surface area contributed by atoms with Gasteiger partial charge in [0.25, 0.3) is 0 Å². The maximum atomic E-state index is 11.1. The van der Waals surface area contributed by atoms with Crippen LogP contribution in [0.1, 0.15) is 13.0 Å². The SMILES string of the molecule is CC(=O)C(C(=O)S)n1c(O)ccc1O. The summed E-state index contributed by atoms with van der Waals surface area (Å²) < 4.78 is 0.817. The summed E-state index contributed by atoms with van der Waals surface area (Å²) in [5, 5.41) is 17.8. The molecule has 1 aromatic rings. The highest BCUT2D eigenvalue weighted by Crippen LogP contribution is 2.28. The highest BCUT2D eigenvalue weighted by Gasteiger charge is 2.26. The number of ketones is 1. The Hall–Kier alpha value is -1.43. The Labute approximate surface area is 85.4 Å². The summed E-state index contributed by atoms with van der Waals surface area (Å²) in [7, 11) is 0. The van der Waals surface area contributed by atoms with Crippen LogP contribution in [-0.4, -0.2) is 25.7 Å². The smallest absolute Gasteiger partial charge is 0.216 e. The van der Waals surface area contributed by atoms with Crippen molar-refractivity contribution in [2.75, 3.05) is 0 Å². The number of rotatable bonds is 3. The van der Waals surface area contributed by atoms with E-state index in [2.05, 4.69) is 12.6 Å². The van der Waals surface area contributed by atoms with Crippen molar-refractivity contribution in [3.8, 4) is 11.8 Å². The largest absolute Gasteiger partial charge is 0.494 e. The quantitative estimate of drug-likeness (QED) is 0.506. The summed E-state index contributed by atoms with van der Waals surface area (Å²) in [6.07, 6.45) is 0. The fraction of sp³-hybridized carbons (Fsp3) is 0.250. The van der Waals surface area contributed by atoms with Gasteiger partial charge in [0.1, 0.15) is 0 Å². The van der Waals surface area contributed by atoms with Gasteiger partial charge in [-0.2, -0.15) is 0 Å². The Kier molecular flexibility index (Phi) is 2.85. The maximum absolute atomic E-state index is 11.1. The van der Waals surface area contributed by atoms with Crippen molar-refractivity contribution in [3.05, 3.63) is 12.1 Å². The van der Waals surface area contributed by atoms with Gasteiger partial charge < -0.3 is 10.2 Å². The normalized spacial score (nSPS) is 12.4. The molecule has 6 heteroatoms. The summed E-state index contributed by atoms with van der Waals surface area (Å²) in [4.78, 5) is 22.1. The lowest BCUT2D eigenvalue weighted by Gasteiger charge is -2.13. The molecular weight excluding hydrogens is 206 g/mol. The van der Waals surface area contributed by atoms with Gasteiger partial charge in [0, 0.05) is 12.1 Å². The van der Waals surface area contributed by atoms with Gasteiger partial charge in [-0.15, -0.1) is 12.6 Å². The zero-order valence-corrected chi connectivity index (χ0v) is 8.23. The molecule has 0 aliphatic heterocycles. The van der Waals surface area contributed by atoms with Crippen LogP contribution in [0.5, 0.6) is 11.8 Å². The minimum absolute atomic E-state index is 0.356. The Bertz CT molecular complexity index is 351. The van der Waals surface area contributed by atoms with Gasteiger partial charge in [0.05, 0.1) is 0 Å². The van der Waals surface area contributed by atoms with E-state index in [1.807, 2.05) is 0 Å². The number of carbonyl (C=O) groups is 2. The average Bonchev–Trinajstić information content (AvgIpc) is 2.34. The molecule has 0 spiro atoms. The van der Waals surface area contributed by atoms with Gasteiger partial charge >= 0.3 is 0 Å². The van der Waals surface area contributed by atoms with Gasteiger partial charge in [-0.3, -0.25) is 14.2 Å². The first-order valence-corrected chi connectivity index (χ1v) is 4.22. The third-order valence-electron chi connectivity index (χ3n) is 1.75. The third-order valence-corrected chi connectivity index (χ3v) is 2.00. The number of nitrogens with zero attached hydrogens (tertiary/aromatic N) is 1. The number of Topliss-reactive ketones (excluding diaryl/α,β-unsaturated/α-hetero) is 1. The van der Waals surface area contributed by atoms with E-state index >= 15 is 0 Å². The van der Waals surface area contributed by atoms with Crippen molar-refractivity contribution >= 4 is 23.5 Å². The molecule has 0 aliphatic rings. The van der Waals surface area contributed by atoms with Crippen molar-refractivity contribution in [1.82, 2.24) is 4.57 Å². The van der Waals surface area contributed by atoms with E-state index < -0.39 is 16.9 Å². The molecule has 1 aromatic heterocycles. The molecule has 76 valence electrons. The first-order valence-electron chi connectivity index (χ1n) is 3.77. The van der Waals surface area contributed by atoms with Gasteiger partial charge in [0.15, 0.2) is 23.6 Å². The Morgan fingerprint density at radius 2 is 1.79 bits per heavy atom. The van der Waals surface area contributed by atoms with Crippen LogP contribution < -0.4 is 0 Å². The number of aromatic hydroxyl groups is 2. The lowest BCUT2D eigenvalue weighted by atomic mass is 10.2. The molecular formula is C8H9NO4S. The minimum Gasteiger partial charge on any atom is -0.494 e. The highest BCUT2D eigenvalue weighted by molar-refractivity contribution is 7.96. The second kappa shape index (κ2) is 3.75. The van der Waals surface area contributed by atoms with E-state index in [-0.39, 0.29) is 11.8 Å². The molecule has 0 aliphatic carbocycles. The number of carbonyl (C=O) groups excluding carboxylic acids is 2. The summed E-state index contributed by atoms with van der Waals surface area (Å²) in [6, 6.07) is 1.08. The zero-order chi connectivity index (χ0) is 10.9. The molecule has 1 heterocycles. The van der Waals surface area contributed by atoms with Gasteiger partial charge in [0.2, 0.25) is 5.12 Å². The maximum Gasteiger partial charge on any atom is 0.216 e. The molecule has 0 amide bonds. The molecule has 0 saturated carbocycles. The van der Waals surface area contributed by atoms with E-state index in [1.165, 1.54) is 19.1 Å². The van der Waals surface area contributed by atoms with Crippen LogP contribution >= 0.6 is 12.6 Å². The molecule has 14 heavy (non-hydrogen) atoms. The van der Waals surface area contributed by atoms with E-state index in [0.717, 1.165) is 4.57 Å². The standard InChI is InChI=1S/C8H9NO4S/c1-4(10)7(8(13)14)9-5(11)2-3-6(9)12/h2-3,7,11-12H,1H3,(H,13,14). The Morgan fingerprint density at radius 3 is 2.07 bits per heavy atom. The number of aromatic nitrogens is 1. The van der Waals surface area contributed by atoms with Crippen molar-refractivity contribution < 1.29 is 19.8 Å². The van der Waals surface area contributed by atoms with E-state index in [9.17, 15) is 19.8 Å². The van der Waals surface area contributed by atoms with Crippen molar-refractivity contribution in [2.24, 2.45) is 0 Å². The van der Waals surface area contributed by atoms with Crippen LogP contribution in [0.3, 0.4) is 0 Å². The summed E-state index contributed by atoms with van der Waals surface area (Å²) in [6.45, 7) is 1.18. The Morgan fingerprint density at radius 1 is 1.36 bits per heavy atom. The second-order valence-electron chi connectivity index (χ2n) is 2.77. The van der Waals surface area contributed by atoms with Crippen molar-refractivity contribution in [3.63, 3.8) is 0 Å². The molecule has 5 nitrogen and oxygen atoms in total. The molecule has 0 aromatic carbocycles. The lowest BCUT2D eigenvalue weighted by Crippen LogP contribution is -2.22. The Balaban J connectivity index is 3.24. The molecule has 1 rings (SSSR count). The summed E-state index contributed by atoms with van der Waals surface area (Å²) in [5.74, 6) is -1.22. The molecule has 0 saturated heterocycles. The van der Waals surface area contributed by atoms with E-state index in [0.29, 0.717) is 0 Å². The van der Waals surface area contributed by atoms with Crippen LogP contribution in [-0.2, 0) is 9.59 Å². The van der Waals surface area contributed by atoms with Gasteiger partial charge in [-0.1, -0.05) is 0 Å². The minimum atomic E-state index is -1.28. The second-order valence-corrected chi connectivity index (χ2v) is 3.21. The van der Waals surface area contributed by atoms with Crippen molar-refractivity contribution in [1.29, 1.82) is 0 Å². The first kappa shape index (κ1) is 10.6. The number of thiol groups is 1. The van der Waals surface area contributed by atoms with Crippen LogP contribution in [0.4, 0.5) is 0 Å². The fourth-order valence-electron chi connectivity index (χ4n) is 1.16. The molecule has 1 atom stereocenters. The van der Waals surface area contributed by atoms with Crippen molar-refractivity contribution in [2.45, 2.75) is 13.0 Å².